The molecule has 0 amide bonds. The number of aliphatic hydroxyl groups is 1. The van der Waals surface area contributed by atoms with Gasteiger partial charge in [0.15, 0.2) is 0 Å². The lowest BCUT2D eigenvalue weighted by atomic mass is 9.91. The van der Waals surface area contributed by atoms with Gasteiger partial charge in [0.2, 0.25) is 0 Å². The Morgan fingerprint density at radius 3 is 2.95 bits per heavy atom. The smallest absolute Gasteiger partial charge is 0.111 e. The van der Waals surface area contributed by atoms with Crippen molar-refractivity contribution in [1.29, 1.82) is 5.26 Å². The molecule has 1 aromatic heterocycles. The van der Waals surface area contributed by atoms with Crippen LogP contribution in [-0.4, -0.2) is 14.7 Å². The van der Waals surface area contributed by atoms with Gasteiger partial charge in [-0.3, -0.25) is 0 Å². The number of nitrogens with zero attached hydrogens (tertiary/aromatic N) is 3. The SMILES string of the molecule is CCCn1ccnc1CC(C)(O)c1cccc(C#N)c1. The summed E-state index contributed by atoms with van der Waals surface area (Å²) >= 11 is 0. The summed E-state index contributed by atoms with van der Waals surface area (Å²) in [6.45, 7) is 4.76. The molecular weight excluding hydrogens is 250 g/mol. The minimum Gasteiger partial charge on any atom is -0.385 e. The number of nitriles is 1. The first-order valence-electron chi connectivity index (χ1n) is 6.80. The van der Waals surface area contributed by atoms with Gasteiger partial charge in [-0.05, 0) is 31.0 Å². The molecule has 1 unspecified atom stereocenters. The largest absolute Gasteiger partial charge is 0.385 e. The van der Waals surface area contributed by atoms with E-state index >= 15 is 0 Å². The minimum absolute atomic E-state index is 0.425. The third kappa shape index (κ3) is 3.06. The van der Waals surface area contributed by atoms with Crippen molar-refractivity contribution in [3.8, 4) is 6.07 Å². The first-order valence-corrected chi connectivity index (χ1v) is 6.80. The fourth-order valence-corrected chi connectivity index (χ4v) is 2.29. The highest BCUT2D eigenvalue weighted by Gasteiger charge is 2.26. The Hall–Kier alpha value is -2.12. The number of rotatable bonds is 5. The Balaban J connectivity index is 2.26. The maximum atomic E-state index is 10.7. The standard InChI is InChI=1S/C16H19N3O/c1-3-8-19-9-7-18-15(19)11-16(2,20)14-6-4-5-13(10-14)12-17/h4-7,9-10,20H,3,8,11H2,1-2H3. The van der Waals surface area contributed by atoms with E-state index in [-0.39, 0.29) is 0 Å². The lowest BCUT2D eigenvalue weighted by Gasteiger charge is -2.24. The number of benzene rings is 1. The van der Waals surface area contributed by atoms with E-state index in [1.54, 1.807) is 31.3 Å². The number of hydrogen-bond acceptors (Lipinski definition) is 3. The lowest BCUT2D eigenvalue weighted by molar-refractivity contribution is 0.0545. The molecule has 0 saturated heterocycles. The van der Waals surface area contributed by atoms with Crippen molar-refractivity contribution in [1.82, 2.24) is 9.55 Å². The van der Waals surface area contributed by atoms with Crippen molar-refractivity contribution in [2.24, 2.45) is 0 Å². The van der Waals surface area contributed by atoms with Crippen LogP contribution < -0.4 is 0 Å². The Morgan fingerprint density at radius 2 is 2.25 bits per heavy atom. The minimum atomic E-state index is -1.04. The fourth-order valence-electron chi connectivity index (χ4n) is 2.29. The Bertz CT molecular complexity index is 623. The van der Waals surface area contributed by atoms with E-state index < -0.39 is 5.60 Å². The number of imidazole rings is 1. The van der Waals surface area contributed by atoms with E-state index in [1.807, 2.05) is 12.3 Å². The van der Waals surface area contributed by atoms with Gasteiger partial charge in [-0.15, -0.1) is 0 Å². The second-order valence-corrected chi connectivity index (χ2v) is 5.18. The molecule has 4 nitrogen and oxygen atoms in total. The van der Waals surface area contributed by atoms with E-state index in [1.165, 1.54) is 0 Å². The van der Waals surface area contributed by atoms with Crippen LogP contribution in [0, 0.1) is 11.3 Å². The second-order valence-electron chi connectivity index (χ2n) is 5.18. The third-order valence-electron chi connectivity index (χ3n) is 3.38. The summed E-state index contributed by atoms with van der Waals surface area (Å²) < 4.78 is 2.06. The molecule has 0 bridgehead atoms. The molecule has 2 rings (SSSR count). The van der Waals surface area contributed by atoms with Crippen LogP contribution in [0.5, 0.6) is 0 Å². The summed E-state index contributed by atoms with van der Waals surface area (Å²) in [6.07, 6.45) is 5.14. The fraction of sp³-hybridized carbons (Fsp3) is 0.375. The first kappa shape index (κ1) is 14.3. The van der Waals surface area contributed by atoms with Crippen molar-refractivity contribution < 1.29 is 5.11 Å². The molecule has 2 aromatic rings. The molecule has 0 spiro atoms. The van der Waals surface area contributed by atoms with Crippen molar-refractivity contribution in [3.05, 3.63) is 53.6 Å². The molecule has 0 aliphatic rings. The molecule has 104 valence electrons. The number of aryl methyl sites for hydroxylation is 1. The molecule has 0 radical (unpaired) electrons. The quantitative estimate of drug-likeness (QED) is 0.907. The van der Waals surface area contributed by atoms with Crippen molar-refractivity contribution in [2.75, 3.05) is 0 Å². The van der Waals surface area contributed by atoms with Gasteiger partial charge >= 0.3 is 0 Å². The summed E-state index contributed by atoms with van der Waals surface area (Å²) in [4.78, 5) is 4.33. The van der Waals surface area contributed by atoms with E-state index in [4.69, 9.17) is 5.26 Å². The van der Waals surface area contributed by atoms with Crippen LogP contribution in [0.4, 0.5) is 0 Å². The lowest BCUT2D eigenvalue weighted by Crippen LogP contribution is -2.26. The zero-order valence-corrected chi connectivity index (χ0v) is 11.9. The first-order chi connectivity index (χ1) is 9.56. The van der Waals surface area contributed by atoms with Crippen LogP contribution in [0.15, 0.2) is 36.7 Å². The molecule has 0 aliphatic heterocycles. The van der Waals surface area contributed by atoms with Gasteiger partial charge in [0, 0.05) is 25.4 Å². The molecule has 1 atom stereocenters. The molecule has 0 fully saturated rings. The van der Waals surface area contributed by atoms with Gasteiger partial charge < -0.3 is 9.67 Å². The number of hydrogen-bond donors (Lipinski definition) is 1. The van der Waals surface area contributed by atoms with E-state index in [0.717, 1.165) is 24.4 Å². The predicted octanol–water partition coefficient (Wildman–Crippen LogP) is 2.61. The summed E-state index contributed by atoms with van der Waals surface area (Å²) in [6, 6.07) is 9.19. The molecule has 0 aliphatic carbocycles. The molecule has 4 heteroatoms. The van der Waals surface area contributed by atoms with Gasteiger partial charge in [0.25, 0.3) is 0 Å². The Kier molecular flexibility index (Phi) is 4.21. The van der Waals surface area contributed by atoms with Crippen molar-refractivity contribution in [3.63, 3.8) is 0 Å². The highest BCUT2D eigenvalue weighted by Crippen LogP contribution is 2.25. The van der Waals surface area contributed by atoms with E-state index in [0.29, 0.717) is 12.0 Å². The highest BCUT2D eigenvalue weighted by molar-refractivity contribution is 5.35. The zero-order chi connectivity index (χ0) is 14.6. The van der Waals surface area contributed by atoms with E-state index in [2.05, 4.69) is 22.5 Å². The van der Waals surface area contributed by atoms with Gasteiger partial charge in [-0.1, -0.05) is 19.1 Å². The van der Waals surface area contributed by atoms with Gasteiger partial charge in [-0.2, -0.15) is 5.26 Å². The predicted molar refractivity (Wildman–Crippen MR) is 76.9 cm³/mol. The third-order valence-corrected chi connectivity index (χ3v) is 3.38. The average Bonchev–Trinajstić information content (AvgIpc) is 2.86. The van der Waals surface area contributed by atoms with Crippen LogP contribution in [0.3, 0.4) is 0 Å². The van der Waals surface area contributed by atoms with Gasteiger partial charge in [0.1, 0.15) is 5.82 Å². The van der Waals surface area contributed by atoms with Crippen LogP contribution in [-0.2, 0) is 18.6 Å². The van der Waals surface area contributed by atoms with Gasteiger partial charge in [-0.25, -0.2) is 4.98 Å². The summed E-state index contributed by atoms with van der Waals surface area (Å²) in [5.74, 6) is 0.860. The second kappa shape index (κ2) is 5.89. The highest BCUT2D eigenvalue weighted by atomic mass is 16.3. The maximum Gasteiger partial charge on any atom is 0.111 e. The van der Waals surface area contributed by atoms with Crippen LogP contribution in [0.1, 0.15) is 37.2 Å². The molecule has 20 heavy (non-hydrogen) atoms. The Morgan fingerprint density at radius 1 is 1.45 bits per heavy atom. The van der Waals surface area contributed by atoms with E-state index in [9.17, 15) is 5.11 Å². The molecule has 1 N–H and O–H groups in total. The molecule has 1 heterocycles. The maximum absolute atomic E-state index is 10.7. The normalized spacial score (nSPS) is 13.7. The molecule has 0 saturated carbocycles. The summed E-state index contributed by atoms with van der Waals surface area (Å²) in [5.41, 5.74) is 0.256. The summed E-state index contributed by atoms with van der Waals surface area (Å²) in [5, 5.41) is 19.7. The van der Waals surface area contributed by atoms with Crippen LogP contribution >= 0.6 is 0 Å². The van der Waals surface area contributed by atoms with Crippen LogP contribution in [0.25, 0.3) is 0 Å². The molecular formula is C16H19N3O. The van der Waals surface area contributed by atoms with Crippen LogP contribution in [0.2, 0.25) is 0 Å². The topological polar surface area (TPSA) is 61.8 Å². The summed E-state index contributed by atoms with van der Waals surface area (Å²) in [7, 11) is 0. The Labute approximate surface area is 119 Å². The molecule has 1 aromatic carbocycles. The zero-order valence-electron chi connectivity index (χ0n) is 11.9. The van der Waals surface area contributed by atoms with Gasteiger partial charge in [0.05, 0.1) is 17.2 Å². The number of aromatic nitrogens is 2. The monoisotopic (exact) mass is 269 g/mol. The van der Waals surface area contributed by atoms with Crippen molar-refractivity contribution in [2.45, 2.75) is 38.8 Å². The van der Waals surface area contributed by atoms with Crippen molar-refractivity contribution >= 4 is 0 Å². The average molecular weight is 269 g/mol.